The van der Waals surface area contributed by atoms with E-state index in [1.807, 2.05) is 0 Å². The van der Waals surface area contributed by atoms with E-state index in [0.717, 1.165) is 5.56 Å². The molecule has 0 aromatic heterocycles. The minimum Gasteiger partial charge on any atom is -0.670 e. The van der Waals surface area contributed by atoms with E-state index >= 15 is 0 Å². The van der Waals surface area contributed by atoms with Crippen LogP contribution in [0.3, 0.4) is 0 Å². The molecule has 0 saturated carbocycles. The maximum Gasteiger partial charge on any atom is 0.261 e. The standard InChI is InChI=1S/C15H16N3O3S.Ac/c1-11-7-8-12(9-14(11)17-15(19)10-16)18-22(20,21)13-5-3-2-4-6-13;/h2-9,16,18H,10H2,1H3,(H,17,19);/q-1;. The molecule has 0 bridgehead atoms. The summed E-state index contributed by atoms with van der Waals surface area (Å²) in [6.07, 6.45) is 0. The summed E-state index contributed by atoms with van der Waals surface area (Å²) >= 11 is 0. The van der Waals surface area contributed by atoms with Gasteiger partial charge in [0.2, 0.25) is 5.91 Å². The summed E-state index contributed by atoms with van der Waals surface area (Å²) in [6.45, 7) is 1.40. The molecule has 0 aliphatic heterocycles. The van der Waals surface area contributed by atoms with Crippen LogP contribution in [0.4, 0.5) is 11.4 Å². The van der Waals surface area contributed by atoms with E-state index in [1.54, 1.807) is 37.3 Å². The van der Waals surface area contributed by atoms with Crippen LogP contribution in [-0.2, 0) is 14.8 Å². The molecule has 8 heteroatoms. The van der Waals surface area contributed by atoms with Crippen LogP contribution in [0, 0.1) is 51.0 Å². The number of carbonyl (C=O) groups is 1. The molecule has 1 amide bonds. The molecule has 0 unspecified atom stereocenters. The average molecular weight is 545 g/mol. The third-order valence-corrected chi connectivity index (χ3v) is 4.38. The van der Waals surface area contributed by atoms with Gasteiger partial charge in [0.15, 0.2) is 0 Å². The smallest absolute Gasteiger partial charge is 0.261 e. The summed E-state index contributed by atoms with van der Waals surface area (Å²) in [6, 6.07) is 12.9. The number of nitrogens with one attached hydrogen (secondary N) is 3. The SMILES string of the molecule is Cc1ccc(NS(=O)(=O)c2ccccc2)cc1NC(=O)C[NH-].[Ac]. The second-order valence-electron chi connectivity index (χ2n) is 4.67. The molecule has 2 aromatic rings. The minimum absolute atomic E-state index is 0. The Bertz CT molecular complexity index is 780. The molecule has 0 atom stereocenters. The molecule has 0 saturated heterocycles. The Balaban J connectivity index is 0.00000264. The zero-order chi connectivity index (χ0) is 16.2. The van der Waals surface area contributed by atoms with Gasteiger partial charge in [-0.1, -0.05) is 30.8 Å². The Hall–Kier alpha value is -0.938. The predicted molar refractivity (Wildman–Crippen MR) is 86.2 cm³/mol. The number of sulfonamides is 1. The zero-order valence-electron chi connectivity index (χ0n) is 12.5. The van der Waals surface area contributed by atoms with Crippen molar-refractivity contribution in [3.05, 3.63) is 59.8 Å². The molecule has 23 heavy (non-hydrogen) atoms. The monoisotopic (exact) mass is 545 g/mol. The van der Waals surface area contributed by atoms with Gasteiger partial charge in [0.25, 0.3) is 10.0 Å². The van der Waals surface area contributed by atoms with Gasteiger partial charge in [-0.05, 0) is 36.8 Å². The third-order valence-electron chi connectivity index (χ3n) is 2.98. The minimum atomic E-state index is -3.68. The van der Waals surface area contributed by atoms with E-state index < -0.39 is 15.9 Å². The molecular formula is C15H16AcN3O3S-. The Morgan fingerprint density at radius 2 is 1.78 bits per heavy atom. The molecule has 0 aliphatic carbocycles. The van der Waals surface area contributed by atoms with Gasteiger partial charge < -0.3 is 11.1 Å². The van der Waals surface area contributed by atoms with Crippen LogP contribution in [0.2, 0.25) is 0 Å². The Kier molecular flexibility index (Phi) is 7.68. The van der Waals surface area contributed by atoms with E-state index in [0.29, 0.717) is 11.4 Å². The molecule has 2 rings (SSSR count). The van der Waals surface area contributed by atoms with Gasteiger partial charge in [0.1, 0.15) is 0 Å². The molecule has 0 heterocycles. The van der Waals surface area contributed by atoms with Gasteiger partial charge in [-0.3, -0.25) is 9.52 Å². The van der Waals surface area contributed by atoms with Crippen molar-refractivity contribution in [1.29, 1.82) is 0 Å². The van der Waals surface area contributed by atoms with Crippen molar-refractivity contribution < 1.29 is 57.3 Å². The zero-order valence-corrected chi connectivity index (χ0v) is 18.1. The fourth-order valence-corrected chi connectivity index (χ4v) is 2.90. The number of benzene rings is 2. The quantitative estimate of drug-likeness (QED) is 0.605. The van der Waals surface area contributed by atoms with Crippen LogP contribution in [0.5, 0.6) is 0 Å². The van der Waals surface area contributed by atoms with Crippen molar-refractivity contribution in [3.8, 4) is 0 Å². The van der Waals surface area contributed by atoms with E-state index in [9.17, 15) is 13.2 Å². The van der Waals surface area contributed by atoms with Crippen molar-refractivity contribution in [3.63, 3.8) is 0 Å². The fraction of sp³-hybridized carbons (Fsp3) is 0.133. The van der Waals surface area contributed by atoms with Gasteiger partial charge in [0.05, 0.1) is 10.6 Å². The van der Waals surface area contributed by atoms with Gasteiger partial charge in [-0.15, -0.1) is 0 Å². The number of rotatable bonds is 5. The molecule has 0 aliphatic rings. The molecule has 119 valence electrons. The van der Waals surface area contributed by atoms with Crippen LogP contribution in [0.25, 0.3) is 5.73 Å². The van der Waals surface area contributed by atoms with Crippen LogP contribution >= 0.6 is 0 Å². The van der Waals surface area contributed by atoms with Crippen LogP contribution in [-0.4, -0.2) is 20.9 Å². The van der Waals surface area contributed by atoms with Crippen molar-refractivity contribution >= 4 is 27.3 Å². The molecule has 6 nitrogen and oxygen atoms in total. The third kappa shape index (κ3) is 5.57. The predicted octanol–water partition coefficient (Wildman–Crippen LogP) is 2.79. The van der Waals surface area contributed by atoms with E-state index in [1.165, 1.54) is 18.2 Å². The summed E-state index contributed by atoms with van der Waals surface area (Å²) in [7, 11) is -3.68. The topological polar surface area (TPSA) is 99.1 Å². The number of carbonyl (C=O) groups excluding carboxylic acids is 1. The normalized spacial score (nSPS) is 10.5. The van der Waals surface area contributed by atoms with E-state index in [4.69, 9.17) is 5.73 Å². The number of aryl methyl sites for hydroxylation is 1. The van der Waals surface area contributed by atoms with Crippen LogP contribution < -0.4 is 10.0 Å². The Morgan fingerprint density at radius 1 is 1.13 bits per heavy atom. The number of hydrogen-bond donors (Lipinski definition) is 2. The van der Waals surface area contributed by atoms with Gasteiger partial charge in [-0.25, -0.2) is 8.42 Å². The van der Waals surface area contributed by atoms with Crippen molar-refractivity contribution in [2.24, 2.45) is 0 Å². The summed E-state index contributed by atoms with van der Waals surface area (Å²) in [5.41, 5.74) is 8.62. The van der Waals surface area contributed by atoms with Crippen molar-refractivity contribution in [2.75, 3.05) is 16.6 Å². The van der Waals surface area contributed by atoms with E-state index in [-0.39, 0.29) is 55.5 Å². The molecular weight excluding hydrogens is 529 g/mol. The summed E-state index contributed by atoms with van der Waals surface area (Å²) in [5.74, 6) is -0.453. The van der Waals surface area contributed by atoms with Crippen LogP contribution in [0.1, 0.15) is 5.56 Å². The first-order valence-corrected chi connectivity index (χ1v) is 8.03. The summed E-state index contributed by atoms with van der Waals surface area (Å²) < 4.78 is 27.0. The first kappa shape index (κ1) is 20.1. The largest absolute Gasteiger partial charge is 0.670 e. The van der Waals surface area contributed by atoms with Crippen LogP contribution in [0.15, 0.2) is 53.4 Å². The van der Waals surface area contributed by atoms with Gasteiger partial charge in [0, 0.05) is 49.7 Å². The molecule has 3 N–H and O–H groups in total. The summed E-state index contributed by atoms with van der Waals surface area (Å²) in [5, 5.41) is 2.56. The van der Waals surface area contributed by atoms with Gasteiger partial charge >= 0.3 is 0 Å². The van der Waals surface area contributed by atoms with Gasteiger partial charge in [-0.2, -0.15) is 0 Å². The average Bonchev–Trinajstić information content (AvgIpc) is 2.51. The maximum absolute atomic E-state index is 12.2. The first-order valence-electron chi connectivity index (χ1n) is 6.55. The molecule has 0 fully saturated rings. The summed E-state index contributed by atoms with van der Waals surface area (Å²) in [4.78, 5) is 11.5. The number of hydrogen-bond acceptors (Lipinski definition) is 3. The number of amides is 1. The second kappa shape index (κ2) is 8.79. The van der Waals surface area contributed by atoms with Crippen molar-refractivity contribution in [2.45, 2.75) is 11.8 Å². The van der Waals surface area contributed by atoms with Crippen molar-refractivity contribution in [1.82, 2.24) is 0 Å². The maximum atomic E-state index is 12.2. The number of anilines is 2. The molecule has 1 radical (unpaired) electrons. The second-order valence-corrected chi connectivity index (χ2v) is 6.36. The Labute approximate surface area is 171 Å². The molecule has 2 aromatic carbocycles. The fourth-order valence-electron chi connectivity index (χ4n) is 1.83. The first-order chi connectivity index (χ1) is 10.4. The molecule has 0 spiro atoms. The van der Waals surface area contributed by atoms with E-state index in [2.05, 4.69) is 10.0 Å². The Morgan fingerprint density at radius 3 is 2.39 bits per heavy atom.